The minimum absolute atomic E-state index is 0.0469. The molecule has 0 unspecified atom stereocenters. The van der Waals surface area contributed by atoms with Gasteiger partial charge < -0.3 is 4.74 Å². The van der Waals surface area contributed by atoms with Crippen molar-refractivity contribution in [1.29, 1.82) is 0 Å². The minimum Gasteiger partial charge on any atom is -0.494 e. The van der Waals surface area contributed by atoms with Gasteiger partial charge in [0.25, 0.3) is 0 Å². The van der Waals surface area contributed by atoms with Crippen molar-refractivity contribution in [2.45, 2.75) is 6.92 Å². The highest BCUT2D eigenvalue weighted by atomic mass is 35.5. The molecular formula is C9H9ClO2. The molecule has 0 N–H and O–H groups in total. The fraction of sp³-hybridized carbons (Fsp3) is 0.222. The van der Waals surface area contributed by atoms with Crippen LogP contribution in [0.25, 0.3) is 0 Å². The van der Waals surface area contributed by atoms with Crippen LogP contribution < -0.4 is 4.74 Å². The number of ketones is 1. The molecule has 0 heterocycles. The highest BCUT2D eigenvalue weighted by molar-refractivity contribution is 6.32. The summed E-state index contributed by atoms with van der Waals surface area (Å²) >= 11 is 5.80. The molecule has 0 aliphatic heterocycles. The molecule has 12 heavy (non-hydrogen) atoms. The molecule has 1 rings (SSSR count). The number of Topliss-reactive ketones (excluding diaryl/α,β-unsaturated/α-hetero) is 1. The molecule has 2 nitrogen and oxygen atoms in total. The van der Waals surface area contributed by atoms with Gasteiger partial charge >= 0.3 is 0 Å². The van der Waals surface area contributed by atoms with E-state index in [-0.39, 0.29) is 5.78 Å². The fourth-order valence-electron chi connectivity index (χ4n) is 0.994. The summed E-state index contributed by atoms with van der Waals surface area (Å²) in [5, 5.41) is 0.463. The van der Waals surface area contributed by atoms with Gasteiger partial charge in [-0.05, 0) is 19.1 Å². The first kappa shape index (κ1) is 9.07. The maximum atomic E-state index is 11.0. The zero-order valence-corrected chi connectivity index (χ0v) is 7.68. The lowest BCUT2D eigenvalue weighted by Gasteiger charge is -2.06. The van der Waals surface area contributed by atoms with Gasteiger partial charge in [0.05, 0.1) is 17.7 Å². The van der Waals surface area contributed by atoms with Crippen LogP contribution in [0.15, 0.2) is 18.2 Å². The molecule has 3 heteroatoms. The first-order valence-corrected chi connectivity index (χ1v) is 3.88. The summed E-state index contributed by atoms with van der Waals surface area (Å²) in [5.74, 6) is 0.404. The van der Waals surface area contributed by atoms with Crippen LogP contribution in [0.3, 0.4) is 0 Å². The molecule has 0 aliphatic rings. The Morgan fingerprint density at radius 3 is 2.58 bits per heavy atom. The number of carbonyl (C=O) groups is 1. The Hall–Kier alpha value is -1.02. The van der Waals surface area contributed by atoms with Gasteiger partial charge in [-0.15, -0.1) is 0 Å². The second kappa shape index (κ2) is 3.59. The molecule has 0 saturated heterocycles. The number of hydrogen-bond donors (Lipinski definition) is 0. The lowest BCUT2D eigenvalue weighted by Crippen LogP contribution is -1.97. The van der Waals surface area contributed by atoms with E-state index in [0.717, 1.165) is 0 Å². The number of para-hydroxylation sites is 1. The van der Waals surface area contributed by atoms with E-state index in [0.29, 0.717) is 16.3 Å². The molecule has 0 atom stereocenters. The molecule has 0 aromatic heterocycles. The molecule has 0 amide bonds. The van der Waals surface area contributed by atoms with Gasteiger partial charge in [-0.2, -0.15) is 0 Å². The zero-order chi connectivity index (χ0) is 9.14. The van der Waals surface area contributed by atoms with Crippen molar-refractivity contribution in [2.24, 2.45) is 0 Å². The molecule has 0 radical (unpaired) electrons. The summed E-state index contributed by atoms with van der Waals surface area (Å²) in [7, 11) is 1.49. The average molecular weight is 185 g/mol. The summed E-state index contributed by atoms with van der Waals surface area (Å²) in [6.07, 6.45) is 0. The quantitative estimate of drug-likeness (QED) is 0.661. The SMILES string of the molecule is COc1c(Cl)cccc1C(C)=O. The maximum absolute atomic E-state index is 11.0. The number of methoxy groups -OCH3 is 1. The standard InChI is InChI=1S/C9H9ClO2/c1-6(11)7-4-3-5-8(10)9(7)12-2/h3-5H,1-2H3. The topological polar surface area (TPSA) is 26.3 Å². The second-order valence-corrected chi connectivity index (χ2v) is 2.78. The van der Waals surface area contributed by atoms with Crippen molar-refractivity contribution in [3.63, 3.8) is 0 Å². The second-order valence-electron chi connectivity index (χ2n) is 2.38. The zero-order valence-electron chi connectivity index (χ0n) is 6.93. The predicted octanol–water partition coefficient (Wildman–Crippen LogP) is 2.55. The van der Waals surface area contributed by atoms with Gasteiger partial charge in [-0.25, -0.2) is 0 Å². The maximum Gasteiger partial charge on any atom is 0.163 e. The number of hydrogen-bond acceptors (Lipinski definition) is 2. The highest BCUT2D eigenvalue weighted by Crippen LogP contribution is 2.28. The molecule has 64 valence electrons. The molecule has 0 aliphatic carbocycles. The third-order valence-corrected chi connectivity index (χ3v) is 1.85. The molecule has 0 bridgehead atoms. The van der Waals surface area contributed by atoms with Crippen LogP contribution in [-0.4, -0.2) is 12.9 Å². The Morgan fingerprint density at radius 2 is 2.17 bits per heavy atom. The number of benzene rings is 1. The summed E-state index contributed by atoms with van der Waals surface area (Å²) in [6.45, 7) is 1.48. The summed E-state index contributed by atoms with van der Waals surface area (Å²) < 4.78 is 4.98. The molecule has 0 fully saturated rings. The number of halogens is 1. The lowest BCUT2D eigenvalue weighted by molar-refractivity contribution is 0.101. The van der Waals surface area contributed by atoms with Gasteiger partial charge in [-0.3, -0.25) is 4.79 Å². The molecule has 0 spiro atoms. The van der Waals surface area contributed by atoms with Crippen LogP contribution in [0, 0.1) is 0 Å². The lowest BCUT2D eigenvalue weighted by atomic mass is 10.1. The smallest absolute Gasteiger partial charge is 0.163 e. The van der Waals surface area contributed by atoms with E-state index < -0.39 is 0 Å². The Balaban J connectivity index is 3.27. The third-order valence-electron chi connectivity index (χ3n) is 1.55. The summed E-state index contributed by atoms with van der Waals surface area (Å²) in [5.41, 5.74) is 0.519. The van der Waals surface area contributed by atoms with Crippen LogP contribution in [0.1, 0.15) is 17.3 Å². The van der Waals surface area contributed by atoms with Crippen molar-refractivity contribution in [2.75, 3.05) is 7.11 Å². The Morgan fingerprint density at radius 1 is 1.50 bits per heavy atom. The molecule has 1 aromatic carbocycles. The van der Waals surface area contributed by atoms with E-state index in [2.05, 4.69) is 0 Å². The van der Waals surface area contributed by atoms with E-state index in [1.165, 1.54) is 14.0 Å². The molecular weight excluding hydrogens is 176 g/mol. The largest absolute Gasteiger partial charge is 0.494 e. The van der Waals surface area contributed by atoms with Crippen LogP contribution in [-0.2, 0) is 0 Å². The average Bonchev–Trinajstić information content (AvgIpc) is 2.03. The van der Waals surface area contributed by atoms with Crippen molar-refractivity contribution >= 4 is 17.4 Å². The molecule has 0 saturated carbocycles. The van der Waals surface area contributed by atoms with Gasteiger partial charge in [0.1, 0.15) is 5.75 Å². The fourth-order valence-corrected chi connectivity index (χ4v) is 1.25. The van der Waals surface area contributed by atoms with Gasteiger partial charge in [0, 0.05) is 0 Å². The first-order valence-electron chi connectivity index (χ1n) is 3.50. The predicted molar refractivity (Wildman–Crippen MR) is 48.0 cm³/mol. The molecule has 1 aromatic rings. The summed E-state index contributed by atoms with van der Waals surface area (Å²) in [6, 6.07) is 5.10. The Kier molecular flexibility index (Phi) is 2.71. The van der Waals surface area contributed by atoms with Gasteiger partial charge in [-0.1, -0.05) is 17.7 Å². The van der Waals surface area contributed by atoms with E-state index in [9.17, 15) is 4.79 Å². The van der Waals surface area contributed by atoms with E-state index in [1.807, 2.05) is 0 Å². The van der Waals surface area contributed by atoms with Crippen molar-refractivity contribution in [3.05, 3.63) is 28.8 Å². The van der Waals surface area contributed by atoms with E-state index in [1.54, 1.807) is 18.2 Å². The Bertz CT molecular complexity index is 307. The van der Waals surface area contributed by atoms with Crippen molar-refractivity contribution < 1.29 is 9.53 Å². The van der Waals surface area contributed by atoms with Crippen LogP contribution in [0.4, 0.5) is 0 Å². The number of ether oxygens (including phenoxy) is 1. The summed E-state index contributed by atoms with van der Waals surface area (Å²) in [4.78, 5) is 11.0. The van der Waals surface area contributed by atoms with E-state index in [4.69, 9.17) is 16.3 Å². The third kappa shape index (κ3) is 1.59. The van der Waals surface area contributed by atoms with E-state index >= 15 is 0 Å². The minimum atomic E-state index is -0.0469. The monoisotopic (exact) mass is 184 g/mol. The number of carbonyl (C=O) groups excluding carboxylic acids is 1. The number of rotatable bonds is 2. The van der Waals surface area contributed by atoms with Crippen molar-refractivity contribution in [3.8, 4) is 5.75 Å². The van der Waals surface area contributed by atoms with Crippen LogP contribution in [0.2, 0.25) is 5.02 Å². The van der Waals surface area contributed by atoms with Crippen LogP contribution in [0.5, 0.6) is 5.75 Å². The normalized spacial score (nSPS) is 9.58. The Labute approximate surface area is 76.1 Å². The van der Waals surface area contributed by atoms with Crippen LogP contribution >= 0.6 is 11.6 Å². The van der Waals surface area contributed by atoms with Gasteiger partial charge in [0.15, 0.2) is 5.78 Å². The highest BCUT2D eigenvalue weighted by Gasteiger charge is 2.09. The van der Waals surface area contributed by atoms with Crippen molar-refractivity contribution in [1.82, 2.24) is 0 Å². The van der Waals surface area contributed by atoms with Gasteiger partial charge in [0.2, 0.25) is 0 Å². The first-order chi connectivity index (χ1) is 5.66.